The van der Waals surface area contributed by atoms with Gasteiger partial charge in [-0.15, -0.1) is 0 Å². The average Bonchev–Trinajstić information content (AvgIpc) is 2.30. The Balaban J connectivity index is 2.12. The number of hydrogen-bond acceptors (Lipinski definition) is 3. The van der Waals surface area contributed by atoms with Crippen LogP contribution in [-0.4, -0.2) is 23.7 Å². The number of aryl methyl sites for hydroxylation is 2. The number of hydrogen-bond donors (Lipinski definition) is 0. The van der Waals surface area contributed by atoms with E-state index < -0.39 is 0 Å². The van der Waals surface area contributed by atoms with Gasteiger partial charge in [-0.25, -0.2) is 9.97 Å². The van der Waals surface area contributed by atoms with E-state index in [2.05, 4.69) is 9.97 Å². The van der Waals surface area contributed by atoms with Gasteiger partial charge in [-0.3, -0.25) is 0 Å². The molecule has 0 fully saturated rings. The molecule has 0 amide bonds. The topological polar surface area (TPSA) is 35.0 Å². The van der Waals surface area contributed by atoms with Gasteiger partial charge >= 0.3 is 0 Å². The van der Waals surface area contributed by atoms with Gasteiger partial charge < -0.3 is 4.74 Å². The molecule has 1 aromatic rings. The Kier molecular flexibility index (Phi) is 4.13. The molecule has 1 heterocycles. The number of nitrogens with zero attached hydrogens (tertiary/aromatic N) is 2. The largest absolute Gasteiger partial charge is 0.385 e. The summed E-state index contributed by atoms with van der Waals surface area (Å²) in [5, 5.41) is 0.664. The van der Waals surface area contributed by atoms with Gasteiger partial charge in [0.05, 0.1) is 0 Å². The first-order chi connectivity index (χ1) is 7.81. The molecule has 0 radical (unpaired) electrons. The molecule has 0 aliphatic heterocycles. The van der Waals surface area contributed by atoms with Gasteiger partial charge in [0, 0.05) is 31.4 Å². The molecule has 1 aliphatic carbocycles. The van der Waals surface area contributed by atoms with Crippen LogP contribution in [0, 0.1) is 0 Å². The van der Waals surface area contributed by atoms with Crippen LogP contribution in [0.15, 0.2) is 0 Å². The second kappa shape index (κ2) is 5.60. The summed E-state index contributed by atoms with van der Waals surface area (Å²) in [6.45, 7) is 0.748. The van der Waals surface area contributed by atoms with E-state index in [1.165, 1.54) is 24.1 Å². The fourth-order valence-corrected chi connectivity index (χ4v) is 2.38. The van der Waals surface area contributed by atoms with Crippen molar-refractivity contribution in [3.8, 4) is 0 Å². The first-order valence-corrected chi connectivity index (χ1v) is 6.22. The minimum Gasteiger partial charge on any atom is -0.385 e. The molecule has 0 saturated heterocycles. The fourth-order valence-electron chi connectivity index (χ4n) is 2.08. The van der Waals surface area contributed by atoms with Crippen molar-refractivity contribution in [2.24, 2.45) is 0 Å². The molecule has 4 heteroatoms. The Morgan fingerprint density at radius 2 is 2.06 bits per heavy atom. The van der Waals surface area contributed by atoms with Crippen LogP contribution < -0.4 is 0 Å². The molecule has 0 bridgehead atoms. The predicted octanol–water partition coefficient (Wildman–Crippen LogP) is 2.59. The first-order valence-electron chi connectivity index (χ1n) is 5.84. The number of rotatable bonds is 4. The molecule has 0 aromatic carbocycles. The monoisotopic (exact) mass is 240 g/mol. The van der Waals surface area contributed by atoms with Crippen molar-refractivity contribution in [1.29, 1.82) is 0 Å². The average molecular weight is 241 g/mol. The molecule has 0 atom stereocenters. The zero-order chi connectivity index (χ0) is 11.4. The van der Waals surface area contributed by atoms with Crippen LogP contribution in [-0.2, 0) is 24.0 Å². The Hall–Kier alpha value is -0.670. The smallest absolute Gasteiger partial charge is 0.136 e. The molecule has 16 heavy (non-hydrogen) atoms. The highest BCUT2D eigenvalue weighted by Gasteiger charge is 2.16. The lowest BCUT2D eigenvalue weighted by molar-refractivity contribution is 0.194. The fraction of sp³-hybridized carbons (Fsp3) is 0.667. The minimum atomic E-state index is 0.664. The highest BCUT2D eigenvalue weighted by molar-refractivity contribution is 6.30. The summed E-state index contributed by atoms with van der Waals surface area (Å²) in [5.74, 6) is 0.864. The van der Waals surface area contributed by atoms with E-state index in [1.807, 2.05) is 0 Å². The Morgan fingerprint density at radius 3 is 2.88 bits per heavy atom. The van der Waals surface area contributed by atoms with E-state index >= 15 is 0 Å². The van der Waals surface area contributed by atoms with Gasteiger partial charge in [-0.1, -0.05) is 11.6 Å². The van der Waals surface area contributed by atoms with Crippen molar-refractivity contribution in [2.45, 2.75) is 38.5 Å². The molecule has 2 rings (SSSR count). The summed E-state index contributed by atoms with van der Waals surface area (Å²) < 4.78 is 5.02. The lowest BCUT2D eigenvalue weighted by Gasteiger charge is -2.16. The first kappa shape index (κ1) is 11.8. The van der Waals surface area contributed by atoms with E-state index in [4.69, 9.17) is 16.3 Å². The van der Waals surface area contributed by atoms with Crippen LogP contribution in [0.1, 0.15) is 36.3 Å². The van der Waals surface area contributed by atoms with E-state index in [1.54, 1.807) is 7.11 Å². The van der Waals surface area contributed by atoms with Gasteiger partial charge in [-0.2, -0.15) is 0 Å². The van der Waals surface area contributed by atoms with Crippen LogP contribution in [0.4, 0.5) is 0 Å². The van der Waals surface area contributed by atoms with Crippen LogP contribution >= 0.6 is 11.6 Å². The lowest BCUT2D eigenvalue weighted by atomic mass is 9.97. The predicted molar refractivity (Wildman–Crippen MR) is 63.9 cm³/mol. The third-order valence-electron chi connectivity index (χ3n) is 2.93. The lowest BCUT2D eigenvalue weighted by Crippen LogP contribution is -2.10. The summed E-state index contributed by atoms with van der Waals surface area (Å²) in [4.78, 5) is 8.95. The zero-order valence-corrected chi connectivity index (χ0v) is 10.4. The van der Waals surface area contributed by atoms with Gasteiger partial charge in [0.1, 0.15) is 11.0 Å². The van der Waals surface area contributed by atoms with Crippen molar-refractivity contribution in [3.63, 3.8) is 0 Å². The quantitative estimate of drug-likeness (QED) is 0.599. The SMILES string of the molecule is COCCCc1nc(Cl)c2c(n1)CCCC2. The summed E-state index contributed by atoms with van der Waals surface area (Å²) in [6, 6.07) is 0. The molecule has 1 aliphatic rings. The summed E-state index contributed by atoms with van der Waals surface area (Å²) in [5.41, 5.74) is 2.34. The van der Waals surface area contributed by atoms with Crippen molar-refractivity contribution >= 4 is 11.6 Å². The van der Waals surface area contributed by atoms with Crippen LogP contribution in [0.2, 0.25) is 5.15 Å². The van der Waals surface area contributed by atoms with E-state index in [9.17, 15) is 0 Å². The van der Waals surface area contributed by atoms with Crippen molar-refractivity contribution < 1.29 is 4.74 Å². The molecular formula is C12H17ClN2O. The van der Waals surface area contributed by atoms with Crippen molar-refractivity contribution in [2.75, 3.05) is 13.7 Å². The summed E-state index contributed by atoms with van der Waals surface area (Å²) in [7, 11) is 1.71. The molecule has 0 spiro atoms. The van der Waals surface area contributed by atoms with Crippen molar-refractivity contribution in [3.05, 3.63) is 22.2 Å². The second-order valence-corrected chi connectivity index (χ2v) is 4.52. The number of ether oxygens (including phenoxy) is 1. The van der Waals surface area contributed by atoms with E-state index in [0.29, 0.717) is 5.15 Å². The van der Waals surface area contributed by atoms with Crippen LogP contribution in [0.3, 0.4) is 0 Å². The minimum absolute atomic E-state index is 0.664. The van der Waals surface area contributed by atoms with Gasteiger partial charge in [0.2, 0.25) is 0 Å². The van der Waals surface area contributed by atoms with E-state index in [-0.39, 0.29) is 0 Å². The molecule has 0 saturated carbocycles. The Labute approximate surface area is 101 Å². The third-order valence-corrected chi connectivity index (χ3v) is 3.24. The highest BCUT2D eigenvalue weighted by Crippen LogP contribution is 2.25. The zero-order valence-electron chi connectivity index (χ0n) is 9.63. The van der Waals surface area contributed by atoms with Gasteiger partial charge in [-0.05, 0) is 32.1 Å². The normalized spacial score (nSPS) is 14.9. The molecule has 0 N–H and O–H groups in total. The van der Waals surface area contributed by atoms with Gasteiger partial charge in [0.15, 0.2) is 0 Å². The Morgan fingerprint density at radius 1 is 1.25 bits per heavy atom. The number of aromatic nitrogens is 2. The molecule has 0 unspecified atom stereocenters. The highest BCUT2D eigenvalue weighted by atomic mass is 35.5. The van der Waals surface area contributed by atoms with E-state index in [0.717, 1.165) is 38.1 Å². The van der Waals surface area contributed by atoms with Gasteiger partial charge in [0.25, 0.3) is 0 Å². The summed E-state index contributed by atoms with van der Waals surface area (Å²) >= 11 is 6.18. The van der Waals surface area contributed by atoms with Crippen LogP contribution in [0.5, 0.6) is 0 Å². The number of methoxy groups -OCH3 is 1. The number of halogens is 1. The maximum Gasteiger partial charge on any atom is 0.136 e. The maximum absolute atomic E-state index is 6.18. The van der Waals surface area contributed by atoms with Crippen molar-refractivity contribution in [1.82, 2.24) is 9.97 Å². The summed E-state index contributed by atoms with van der Waals surface area (Å²) in [6.07, 6.45) is 6.31. The van der Waals surface area contributed by atoms with Crippen LogP contribution in [0.25, 0.3) is 0 Å². The number of fused-ring (bicyclic) bond motifs is 1. The maximum atomic E-state index is 6.18. The molecule has 88 valence electrons. The second-order valence-electron chi connectivity index (χ2n) is 4.16. The molecule has 1 aromatic heterocycles. The molecule has 3 nitrogen and oxygen atoms in total. The Bertz CT molecular complexity index is 368. The third kappa shape index (κ3) is 2.71. The molecular weight excluding hydrogens is 224 g/mol. The standard InChI is InChI=1S/C12H17ClN2O/c1-16-8-4-7-11-14-10-6-3-2-5-9(10)12(13)15-11/h2-8H2,1H3.